The molecule has 6 heteroatoms. The number of benzene rings is 1. The molecule has 1 saturated heterocycles. The van der Waals surface area contributed by atoms with Gasteiger partial charge in [0.15, 0.2) is 5.82 Å². The molecule has 0 unspecified atom stereocenters. The SMILES string of the molecule is Cc1cc(-c2nc(CN3CCNCC3)no2)ccc1F. The first kappa shape index (κ1) is 13.2. The van der Waals surface area contributed by atoms with E-state index in [0.29, 0.717) is 23.8 Å². The second-order valence-corrected chi connectivity index (χ2v) is 5.01. The molecule has 2 heterocycles. The third-order valence-corrected chi connectivity index (χ3v) is 3.45. The predicted molar refractivity (Wildman–Crippen MR) is 72.6 cm³/mol. The Balaban J connectivity index is 1.73. The molecule has 0 bridgehead atoms. The van der Waals surface area contributed by atoms with Crippen LogP contribution in [-0.4, -0.2) is 41.2 Å². The van der Waals surface area contributed by atoms with Crippen LogP contribution >= 0.6 is 0 Å². The summed E-state index contributed by atoms with van der Waals surface area (Å²) < 4.78 is 18.5. The molecule has 1 aromatic heterocycles. The van der Waals surface area contributed by atoms with Crippen LogP contribution in [-0.2, 0) is 6.54 Å². The summed E-state index contributed by atoms with van der Waals surface area (Å²) in [5, 5.41) is 7.30. The lowest BCUT2D eigenvalue weighted by Gasteiger charge is -2.25. The summed E-state index contributed by atoms with van der Waals surface area (Å²) in [4.78, 5) is 6.66. The van der Waals surface area contributed by atoms with Crippen LogP contribution in [0.5, 0.6) is 0 Å². The number of halogens is 1. The lowest BCUT2D eigenvalue weighted by molar-refractivity contribution is 0.225. The topological polar surface area (TPSA) is 54.2 Å². The summed E-state index contributed by atoms with van der Waals surface area (Å²) in [6.07, 6.45) is 0. The summed E-state index contributed by atoms with van der Waals surface area (Å²) in [6.45, 7) is 6.35. The Morgan fingerprint density at radius 1 is 1.35 bits per heavy atom. The number of hydrogen-bond acceptors (Lipinski definition) is 5. The molecule has 1 aromatic carbocycles. The molecule has 0 aliphatic carbocycles. The van der Waals surface area contributed by atoms with Gasteiger partial charge in [0.1, 0.15) is 5.82 Å². The average Bonchev–Trinajstić information content (AvgIpc) is 2.91. The monoisotopic (exact) mass is 276 g/mol. The van der Waals surface area contributed by atoms with Gasteiger partial charge in [0.25, 0.3) is 5.89 Å². The summed E-state index contributed by atoms with van der Waals surface area (Å²) >= 11 is 0. The Labute approximate surface area is 116 Å². The molecule has 0 atom stereocenters. The van der Waals surface area contributed by atoms with Crippen molar-refractivity contribution in [1.82, 2.24) is 20.4 Å². The second-order valence-electron chi connectivity index (χ2n) is 5.01. The van der Waals surface area contributed by atoms with Crippen molar-refractivity contribution in [3.05, 3.63) is 35.4 Å². The van der Waals surface area contributed by atoms with Gasteiger partial charge in [-0.2, -0.15) is 4.98 Å². The highest BCUT2D eigenvalue weighted by atomic mass is 19.1. The standard InChI is InChI=1S/C14H17FN4O/c1-10-8-11(2-3-12(10)15)14-17-13(18-20-14)9-19-6-4-16-5-7-19/h2-3,8,16H,4-7,9H2,1H3. The number of aryl methyl sites for hydroxylation is 1. The van der Waals surface area contributed by atoms with Crippen molar-refractivity contribution in [2.24, 2.45) is 0 Å². The Morgan fingerprint density at radius 2 is 2.15 bits per heavy atom. The van der Waals surface area contributed by atoms with E-state index in [9.17, 15) is 4.39 Å². The van der Waals surface area contributed by atoms with E-state index < -0.39 is 0 Å². The number of nitrogens with one attached hydrogen (secondary N) is 1. The molecule has 20 heavy (non-hydrogen) atoms. The average molecular weight is 276 g/mol. The minimum absolute atomic E-state index is 0.227. The third kappa shape index (κ3) is 2.86. The molecule has 0 spiro atoms. The van der Waals surface area contributed by atoms with E-state index in [2.05, 4.69) is 20.4 Å². The molecule has 0 saturated carbocycles. The highest BCUT2D eigenvalue weighted by Crippen LogP contribution is 2.20. The van der Waals surface area contributed by atoms with Gasteiger partial charge in [-0.25, -0.2) is 4.39 Å². The predicted octanol–water partition coefficient (Wildman–Crippen LogP) is 1.59. The molecule has 0 amide bonds. The number of rotatable bonds is 3. The van der Waals surface area contributed by atoms with Crippen LogP contribution in [0.25, 0.3) is 11.5 Å². The largest absolute Gasteiger partial charge is 0.334 e. The van der Waals surface area contributed by atoms with E-state index in [1.165, 1.54) is 6.07 Å². The van der Waals surface area contributed by atoms with Crippen molar-refractivity contribution in [3.63, 3.8) is 0 Å². The van der Waals surface area contributed by atoms with Crippen LogP contribution in [0.1, 0.15) is 11.4 Å². The van der Waals surface area contributed by atoms with Crippen LogP contribution in [0.3, 0.4) is 0 Å². The minimum Gasteiger partial charge on any atom is -0.334 e. The van der Waals surface area contributed by atoms with Gasteiger partial charge in [-0.3, -0.25) is 4.90 Å². The smallest absolute Gasteiger partial charge is 0.257 e. The molecular weight excluding hydrogens is 259 g/mol. The molecule has 106 valence electrons. The zero-order chi connectivity index (χ0) is 13.9. The summed E-state index contributed by atoms with van der Waals surface area (Å²) in [5.41, 5.74) is 1.33. The quantitative estimate of drug-likeness (QED) is 0.922. The van der Waals surface area contributed by atoms with Gasteiger partial charge in [-0.1, -0.05) is 5.16 Å². The van der Waals surface area contributed by atoms with Crippen molar-refractivity contribution >= 4 is 0 Å². The molecule has 1 aliphatic rings. The van der Waals surface area contributed by atoms with Crippen molar-refractivity contribution in [2.45, 2.75) is 13.5 Å². The summed E-state index contributed by atoms with van der Waals surface area (Å²) in [5.74, 6) is 0.886. The number of nitrogens with zero attached hydrogens (tertiary/aromatic N) is 3. The maximum atomic E-state index is 13.2. The number of aromatic nitrogens is 2. The van der Waals surface area contributed by atoms with Crippen molar-refractivity contribution in [1.29, 1.82) is 0 Å². The van der Waals surface area contributed by atoms with Crippen LogP contribution in [0.15, 0.2) is 22.7 Å². The Hall–Kier alpha value is -1.79. The van der Waals surface area contributed by atoms with Crippen molar-refractivity contribution in [2.75, 3.05) is 26.2 Å². The minimum atomic E-state index is -0.227. The van der Waals surface area contributed by atoms with Gasteiger partial charge < -0.3 is 9.84 Å². The normalized spacial score (nSPS) is 16.5. The first-order valence-electron chi connectivity index (χ1n) is 6.74. The van der Waals surface area contributed by atoms with Gasteiger partial charge in [-0.05, 0) is 30.7 Å². The fourth-order valence-corrected chi connectivity index (χ4v) is 2.28. The first-order chi connectivity index (χ1) is 9.72. The van der Waals surface area contributed by atoms with Gasteiger partial charge >= 0.3 is 0 Å². The molecular formula is C14H17FN4O. The van der Waals surface area contributed by atoms with Crippen LogP contribution in [0.2, 0.25) is 0 Å². The summed E-state index contributed by atoms with van der Waals surface area (Å²) in [7, 11) is 0. The van der Waals surface area contributed by atoms with E-state index in [-0.39, 0.29) is 5.82 Å². The molecule has 2 aromatic rings. The van der Waals surface area contributed by atoms with E-state index >= 15 is 0 Å². The maximum absolute atomic E-state index is 13.2. The molecule has 3 rings (SSSR count). The van der Waals surface area contributed by atoms with Crippen LogP contribution in [0.4, 0.5) is 4.39 Å². The van der Waals surface area contributed by atoms with Gasteiger partial charge in [0, 0.05) is 31.7 Å². The zero-order valence-corrected chi connectivity index (χ0v) is 11.4. The molecule has 1 aliphatic heterocycles. The van der Waals surface area contributed by atoms with Crippen LogP contribution in [0, 0.1) is 12.7 Å². The fourth-order valence-electron chi connectivity index (χ4n) is 2.28. The van der Waals surface area contributed by atoms with Crippen molar-refractivity contribution < 1.29 is 8.91 Å². The van der Waals surface area contributed by atoms with E-state index in [1.54, 1.807) is 19.1 Å². The van der Waals surface area contributed by atoms with E-state index in [4.69, 9.17) is 4.52 Å². The fraction of sp³-hybridized carbons (Fsp3) is 0.429. The van der Waals surface area contributed by atoms with Crippen LogP contribution < -0.4 is 5.32 Å². The lowest BCUT2D eigenvalue weighted by Crippen LogP contribution is -2.43. The second kappa shape index (κ2) is 5.68. The Morgan fingerprint density at radius 3 is 2.90 bits per heavy atom. The van der Waals surface area contributed by atoms with Gasteiger partial charge in [-0.15, -0.1) is 0 Å². The molecule has 0 radical (unpaired) electrons. The Bertz CT molecular complexity index is 593. The molecule has 5 nitrogen and oxygen atoms in total. The zero-order valence-electron chi connectivity index (χ0n) is 11.4. The highest BCUT2D eigenvalue weighted by Gasteiger charge is 2.15. The van der Waals surface area contributed by atoms with Gasteiger partial charge in [0.05, 0.1) is 6.54 Å². The number of piperazine rings is 1. The first-order valence-corrected chi connectivity index (χ1v) is 6.74. The molecule has 1 fully saturated rings. The summed E-state index contributed by atoms with van der Waals surface area (Å²) in [6, 6.07) is 4.80. The van der Waals surface area contributed by atoms with Crippen molar-refractivity contribution in [3.8, 4) is 11.5 Å². The van der Waals surface area contributed by atoms with Gasteiger partial charge in [0.2, 0.25) is 0 Å². The molecule has 1 N–H and O–H groups in total. The van der Waals surface area contributed by atoms with E-state index in [0.717, 1.165) is 31.7 Å². The number of hydrogen-bond donors (Lipinski definition) is 1. The maximum Gasteiger partial charge on any atom is 0.257 e. The van der Waals surface area contributed by atoms with E-state index in [1.807, 2.05) is 0 Å². The highest BCUT2D eigenvalue weighted by molar-refractivity contribution is 5.54. The third-order valence-electron chi connectivity index (χ3n) is 3.45. The lowest BCUT2D eigenvalue weighted by atomic mass is 10.1. The Kier molecular flexibility index (Phi) is 3.75.